The molecule has 0 radical (unpaired) electrons. The maximum absolute atomic E-state index is 12.3. The van der Waals surface area contributed by atoms with E-state index in [9.17, 15) is 18.4 Å². The van der Waals surface area contributed by atoms with Crippen molar-refractivity contribution in [3.8, 4) is 34.2 Å². The molecule has 0 spiro atoms. The predicted molar refractivity (Wildman–Crippen MR) is 95.7 cm³/mol. The third-order valence-electron chi connectivity index (χ3n) is 3.98. The fraction of sp³-hybridized carbons (Fsp3) is 0.100. The van der Waals surface area contributed by atoms with Crippen LogP contribution in [0.5, 0.6) is 5.75 Å². The van der Waals surface area contributed by atoms with E-state index in [2.05, 4.69) is 9.72 Å². The van der Waals surface area contributed by atoms with E-state index in [-0.39, 0.29) is 17.1 Å². The topological polar surface area (TPSA) is 71.9 Å². The van der Waals surface area contributed by atoms with Gasteiger partial charge in [-0.15, -0.1) is 13.2 Å². The molecule has 0 amide bonds. The van der Waals surface area contributed by atoms with E-state index in [1.54, 1.807) is 6.07 Å². The Bertz CT molecular complexity index is 1020. The van der Waals surface area contributed by atoms with E-state index >= 15 is 0 Å². The minimum Gasteiger partial charge on any atom is -0.406 e. The molecule has 4 nitrogen and oxygen atoms in total. The van der Waals surface area contributed by atoms with Gasteiger partial charge in [-0.05, 0) is 36.2 Å². The van der Waals surface area contributed by atoms with E-state index < -0.39 is 6.36 Å². The van der Waals surface area contributed by atoms with Gasteiger partial charge < -0.3 is 10.5 Å². The Kier molecular flexibility index (Phi) is 4.74. The Hall–Kier alpha value is -3.53. The number of aromatic nitrogens is 1. The molecule has 0 unspecified atom stereocenters. The van der Waals surface area contributed by atoms with E-state index in [4.69, 9.17) is 5.73 Å². The fourth-order valence-corrected chi connectivity index (χ4v) is 2.74. The van der Waals surface area contributed by atoms with Gasteiger partial charge in [-0.25, -0.2) is 4.98 Å². The lowest BCUT2D eigenvalue weighted by molar-refractivity contribution is -0.274. The van der Waals surface area contributed by atoms with Gasteiger partial charge in [0.1, 0.15) is 23.2 Å². The van der Waals surface area contributed by atoms with Crippen molar-refractivity contribution < 1.29 is 17.9 Å². The van der Waals surface area contributed by atoms with E-state index in [0.717, 1.165) is 11.1 Å². The Balaban J connectivity index is 2.09. The van der Waals surface area contributed by atoms with Crippen LogP contribution in [0, 0.1) is 18.3 Å². The summed E-state index contributed by atoms with van der Waals surface area (Å²) in [5.41, 5.74) is 9.56. The van der Waals surface area contributed by atoms with Crippen molar-refractivity contribution in [2.24, 2.45) is 0 Å². The molecular formula is C20H14F3N3O. The van der Waals surface area contributed by atoms with Crippen LogP contribution in [0.3, 0.4) is 0 Å². The Morgan fingerprint density at radius 1 is 1.04 bits per heavy atom. The summed E-state index contributed by atoms with van der Waals surface area (Å²) in [5, 5.41) is 9.44. The SMILES string of the molecule is Cc1ccccc1-c1cc(-c2ccc(OC(F)(F)F)cc2)c(C#N)c(N)n1. The number of nitrogen functional groups attached to an aromatic ring is 1. The number of aryl methyl sites for hydroxylation is 1. The van der Waals surface area contributed by atoms with Crippen LogP contribution in [0.1, 0.15) is 11.1 Å². The van der Waals surface area contributed by atoms with Crippen LogP contribution in [0.25, 0.3) is 22.4 Å². The number of ether oxygens (including phenoxy) is 1. The highest BCUT2D eigenvalue weighted by Gasteiger charge is 2.31. The normalized spacial score (nSPS) is 11.1. The lowest BCUT2D eigenvalue weighted by atomic mass is 9.97. The summed E-state index contributed by atoms with van der Waals surface area (Å²) < 4.78 is 40.9. The van der Waals surface area contributed by atoms with Gasteiger partial charge in [-0.1, -0.05) is 36.4 Å². The molecule has 27 heavy (non-hydrogen) atoms. The highest BCUT2D eigenvalue weighted by molar-refractivity contribution is 5.80. The molecule has 0 saturated carbocycles. The first-order valence-corrected chi connectivity index (χ1v) is 7.91. The number of anilines is 1. The summed E-state index contributed by atoms with van der Waals surface area (Å²) in [5.74, 6) is -0.283. The van der Waals surface area contributed by atoms with Crippen LogP contribution in [0.2, 0.25) is 0 Å². The number of alkyl halides is 3. The van der Waals surface area contributed by atoms with E-state index in [0.29, 0.717) is 16.8 Å². The molecular weight excluding hydrogens is 355 g/mol. The second-order valence-electron chi connectivity index (χ2n) is 5.81. The predicted octanol–water partition coefficient (Wildman–Crippen LogP) is 5.08. The fourth-order valence-electron chi connectivity index (χ4n) is 2.74. The number of hydrogen-bond acceptors (Lipinski definition) is 4. The highest BCUT2D eigenvalue weighted by atomic mass is 19.4. The van der Waals surface area contributed by atoms with Crippen LogP contribution in [0.4, 0.5) is 19.0 Å². The standard InChI is InChI=1S/C20H14F3N3O/c1-12-4-2-3-5-15(12)18-10-16(17(11-24)19(25)26-18)13-6-8-14(9-7-13)27-20(21,22)23/h2-10H,1H3,(H2,25,26). The second-order valence-corrected chi connectivity index (χ2v) is 5.81. The minimum absolute atomic E-state index is 0.0591. The summed E-state index contributed by atoms with van der Waals surface area (Å²) in [6.45, 7) is 1.92. The van der Waals surface area contributed by atoms with Crippen molar-refractivity contribution in [2.75, 3.05) is 5.73 Å². The quantitative estimate of drug-likeness (QED) is 0.699. The van der Waals surface area contributed by atoms with Crippen LogP contribution < -0.4 is 10.5 Å². The molecule has 0 fully saturated rings. The first kappa shape index (κ1) is 18.3. The zero-order chi connectivity index (χ0) is 19.6. The first-order valence-electron chi connectivity index (χ1n) is 7.91. The van der Waals surface area contributed by atoms with Gasteiger partial charge >= 0.3 is 6.36 Å². The van der Waals surface area contributed by atoms with Crippen molar-refractivity contribution in [3.05, 3.63) is 65.7 Å². The van der Waals surface area contributed by atoms with Crippen molar-refractivity contribution in [2.45, 2.75) is 13.3 Å². The number of hydrogen-bond donors (Lipinski definition) is 1. The summed E-state index contributed by atoms with van der Waals surface area (Å²) >= 11 is 0. The lowest BCUT2D eigenvalue weighted by Crippen LogP contribution is -2.16. The molecule has 0 aliphatic rings. The molecule has 1 aromatic heterocycles. The highest BCUT2D eigenvalue weighted by Crippen LogP contribution is 2.33. The van der Waals surface area contributed by atoms with Crippen molar-refractivity contribution in [3.63, 3.8) is 0 Å². The molecule has 0 atom stereocenters. The van der Waals surface area contributed by atoms with Crippen LogP contribution in [0.15, 0.2) is 54.6 Å². The number of nitrogens with two attached hydrogens (primary N) is 1. The molecule has 1 heterocycles. The van der Waals surface area contributed by atoms with Gasteiger partial charge in [0.25, 0.3) is 0 Å². The number of halogens is 3. The maximum Gasteiger partial charge on any atom is 0.573 e. The summed E-state index contributed by atoms with van der Waals surface area (Å²) in [7, 11) is 0. The molecule has 7 heteroatoms. The average Bonchev–Trinajstić information content (AvgIpc) is 2.61. The summed E-state index contributed by atoms with van der Waals surface area (Å²) in [4.78, 5) is 4.31. The summed E-state index contributed by atoms with van der Waals surface area (Å²) in [6.07, 6.45) is -4.77. The molecule has 0 saturated heterocycles. The molecule has 2 N–H and O–H groups in total. The van der Waals surface area contributed by atoms with Crippen LogP contribution in [-0.2, 0) is 0 Å². The van der Waals surface area contributed by atoms with E-state index in [1.165, 1.54) is 24.3 Å². The summed E-state index contributed by atoms with van der Waals surface area (Å²) in [6, 6.07) is 16.5. The van der Waals surface area contributed by atoms with Crippen LogP contribution in [-0.4, -0.2) is 11.3 Å². The maximum atomic E-state index is 12.3. The Labute approximate surface area is 153 Å². The second kappa shape index (κ2) is 7.00. The molecule has 136 valence electrons. The molecule has 2 aromatic carbocycles. The van der Waals surface area contributed by atoms with Gasteiger partial charge in [0.2, 0.25) is 0 Å². The van der Waals surface area contributed by atoms with Gasteiger partial charge in [0.05, 0.1) is 5.69 Å². The van der Waals surface area contributed by atoms with Crippen molar-refractivity contribution in [1.29, 1.82) is 5.26 Å². The van der Waals surface area contributed by atoms with Gasteiger partial charge in [-0.3, -0.25) is 0 Å². The third-order valence-corrected chi connectivity index (χ3v) is 3.98. The molecule has 3 aromatic rings. The molecule has 0 aliphatic carbocycles. The van der Waals surface area contributed by atoms with Crippen molar-refractivity contribution >= 4 is 5.82 Å². The third kappa shape index (κ3) is 4.01. The number of nitriles is 1. The van der Waals surface area contributed by atoms with E-state index in [1.807, 2.05) is 37.3 Å². The van der Waals surface area contributed by atoms with Gasteiger partial charge in [-0.2, -0.15) is 5.26 Å². The van der Waals surface area contributed by atoms with Gasteiger partial charge in [0, 0.05) is 11.1 Å². The molecule has 0 aliphatic heterocycles. The number of rotatable bonds is 3. The molecule has 0 bridgehead atoms. The van der Waals surface area contributed by atoms with Crippen molar-refractivity contribution in [1.82, 2.24) is 4.98 Å². The van der Waals surface area contributed by atoms with Gasteiger partial charge in [0.15, 0.2) is 0 Å². The Morgan fingerprint density at radius 2 is 1.70 bits per heavy atom. The smallest absolute Gasteiger partial charge is 0.406 e. The number of nitrogens with zero attached hydrogens (tertiary/aromatic N) is 2. The number of benzene rings is 2. The monoisotopic (exact) mass is 369 g/mol. The molecule has 3 rings (SSSR count). The Morgan fingerprint density at radius 3 is 2.30 bits per heavy atom. The number of pyridine rings is 1. The zero-order valence-electron chi connectivity index (χ0n) is 14.2. The minimum atomic E-state index is -4.77. The largest absolute Gasteiger partial charge is 0.573 e. The van der Waals surface area contributed by atoms with Crippen LogP contribution >= 0.6 is 0 Å². The zero-order valence-corrected chi connectivity index (χ0v) is 14.2. The average molecular weight is 369 g/mol. The lowest BCUT2D eigenvalue weighted by Gasteiger charge is -2.13. The first-order chi connectivity index (χ1) is 12.8.